The number of hydrogen-bond donors (Lipinski definition) is 2. The van der Waals surface area contributed by atoms with Gasteiger partial charge in [-0.2, -0.15) is 0 Å². The zero-order chi connectivity index (χ0) is 14.3. The Morgan fingerprint density at radius 3 is 2.95 bits per heavy atom. The summed E-state index contributed by atoms with van der Waals surface area (Å²) >= 11 is 1.57. The van der Waals surface area contributed by atoms with E-state index < -0.39 is 6.04 Å². The van der Waals surface area contributed by atoms with Gasteiger partial charge in [-0.1, -0.05) is 13.8 Å². The van der Waals surface area contributed by atoms with Crippen molar-refractivity contribution in [2.24, 2.45) is 5.41 Å². The van der Waals surface area contributed by atoms with Crippen LogP contribution in [0.5, 0.6) is 0 Å². The second kappa shape index (κ2) is 4.84. The number of anilines is 1. The first-order valence-corrected chi connectivity index (χ1v) is 7.83. The molecule has 1 aliphatic carbocycles. The smallest absolute Gasteiger partial charge is 0.248 e. The van der Waals surface area contributed by atoms with Gasteiger partial charge in [0.15, 0.2) is 5.13 Å². The van der Waals surface area contributed by atoms with E-state index in [1.807, 2.05) is 0 Å². The van der Waals surface area contributed by atoms with Gasteiger partial charge in [-0.3, -0.25) is 9.59 Å². The molecular weight excluding hydrogens is 274 g/mol. The molecule has 2 aliphatic rings. The first-order chi connectivity index (χ1) is 9.43. The SMILES string of the molecule is CC1(C)CCc2nc(NC(=O)C3CCC(=O)N3)sc2C1. The minimum absolute atomic E-state index is 0.0506. The second-order valence-corrected chi connectivity index (χ2v) is 7.46. The molecule has 1 aliphatic heterocycles. The van der Waals surface area contributed by atoms with Crippen LogP contribution in [0, 0.1) is 5.41 Å². The van der Waals surface area contributed by atoms with E-state index in [0.29, 0.717) is 23.4 Å². The van der Waals surface area contributed by atoms with Gasteiger partial charge in [-0.15, -0.1) is 11.3 Å². The Bertz CT molecular complexity index is 565. The molecule has 2 N–H and O–H groups in total. The highest BCUT2D eigenvalue weighted by Gasteiger charge is 2.30. The third-order valence-electron chi connectivity index (χ3n) is 4.00. The van der Waals surface area contributed by atoms with E-state index in [0.717, 1.165) is 25.0 Å². The molecule has 2 amide bonds. The maximum absolute atomic E-state index is 12.0. The predicted molar refractivity (Wildman–Crippen MR) is 77.7 cm³/mol. The maximum atomic E-state index is 12.0. The van der Waals surface area contributed by atoms with Crippen LogP contribution in [0.15, 0.2) is 0 Å². The number of nitrogens with zero attached hydrogens (tertiary/aromatic N) is 1. The molecule has 0 aromatic carbocycles. The van der Waals surface area contributed by atoms with Gasteiger partial charge in [0.2, 0.25) is 11.8 Å². The van der Waals surface area contributed by atoms with Crippen molar-refractivity contribution in [1.82, 2.24) is 10.3 Å². The number of hydrogen-bond acceptors (Lipinski definition) is 4. The molecule has 0 spiro atoms. The fourth-order valence-electron chi connectivity index (χ4n) is 2.75. The normalized spacial score (nSPS) is 24.1. The average molecular weight is 293 g/mol. The molecule has 1 saturated heterocycles. The minimum Gasteiger partial charge on any atom is -0.344 e. The molecule has 0 bridgehead atoms. The summed E-state index contributed by atoms with van der Waals surface area (Å²) in [4.78, 5) is 29.0. The topological polar surface area (TPSA) is 71.1 Å². The molecule has 6 heteroatoms. The molecule has 20 heavy (non-hydrogen) atoms. The standard InChI is InChI=1S/C14H19N3O2S/c1-14(2)6-5-8-10(7-14)20-13(16-8)17-12(19)9-3-4-11(18)15-9/h9H,3-7H2,1-2H3,(H,15,18)(H,16,17,19). The first kappa shape index (κ1) is 13.5. The quantitative estimate of drug-likeness (QED) is 0.874. The van der Waals surface area contributed by atoms with Crippen molar-refractivity contribution in [3.8, 4) is 0 Å². The third kappa shape index (κ3) is 2.70. The minimum atomic E-state index is -0.403. The van der Waals surface area contributed by atoms with E-state index >= 15 is 0 Å². The summed E-state index contributed by atoms with van der Waals surface area (Å²) in [6.07, 6.45) is 4.14. The number of fused-ring (bicyclic) bond motifs is 1. The van der Waals surface area contributed by atoms with Crippen LogP contribution >= 0.6 is 11.3 Å². The zero-order valence-corrected chi connectivity index (χ0v) is 12.6. The van der Waals surface area contributed by atoms with Gasteiger partial charge in [0.05, 0.1) is 5.69 Å². The number of aryl methyl sites for hydroxylation is 1. The van der Waals surface area contributed by atoms with E-state index in [1.54, 1.807) is 11.3 Å². The van der Waals surface area contributed by atoms with Crippen LogP contribution < -0.4 is 10.6 Å². The number of nitrogens with one attached hydrogen (secondary N) is 2. The summed E-state index contributed by atoms with van der Waals surface area (Å²) in [7, 11) is 0. The number of aromatic nitrogens is 1. The van der Waals surface area contributed by atoms with Crippen LogP contribution in [-0.2, 0) is 22.4 Å². The van der Waals surface area contributed by atoms with Gasteiger partial charge in [-0.05, 0) is 31.1 Å². The monoisotopic (exact) mass is 293 g/mol. The van der Waals surface area contributed by atoms with Crippen LogP contribution in [0.3, 0.4) is 0 Å². The molecule has 1 unspecified atom stereocenters. The average Bonchev–Trinajstić information content (AvgIpc) is 2.93. The van der Waals surface area contributed by atoms with Crippen LogP contribution in [0.2, 0.25) is 0 Å². The van der Waals surface area contributed by atoms with Crippen LogP contribution in [0.4, 0.5) is 5.13 Å². The molecule has 0 saturated carbocycles. The molecular formula is C14H19N3O2S. The highest BCUT2D eigenvalue weighted by atomic mass is 32.1. The number of thiazole rings is 1. The Balaban J connectivity index is 1.68. The molecule has 3 rings (SSSR count). The molecule has 1 aromatic rings. The van der Waals surface area contributed by atoms with Crippen LogP contribution in [0.25, 0.3) is 0 Å². The van der Waals surface area contributed by atoms with Crippen LogP contribution in [-0.4, -0.2) is 22.8 Å². The lowest BCUT2D eigenvalue weighted by molar-refractivity contribution is -0.122. The number of rotatable bonds is 2. The van der Waals surface area contributed by atoms with Crippen molar-refractivity contribution in [3.05, 3.63) is 10.6 Å². The van der Waals surface area contributed by atoms with Crippen LogP contribution in [0.1, 0.15) is 43.7 Å². The highest BCUT2D eigenvalue weighted by Crippen LogP contribution is 2.38. The lowest BCUT2D eigenvalue weighted by Gasteiger charge is -2.28. The van der Waals surface area contributed by atoms with Crippen molar-refractivity contribution in [2.45, 2.75) is 52.0 Å². The first-order valence-electron chi connectivity index (χ1n) is 7.02. The summed E-state index contributed by atoms with van der Waals surface area (Å²) in [5.74, 6) is -0.202. The van der Waals surface area contributed by atoms with Crippen molar-refractivity contribution in [3.63, 3.8) is 0 Å². The molecule has 1 aromatic heterocycles. The third-order valence-corrected chi connectivity index (χ3v) is 5.01. The van der Waals surface area contributed by atoms with Gasteiger partial charge >= 0.3 is 0 Å². The summed E-state index contributed by atoms with van der Waals surface area (Å²) < 4.78 is 0. The van der Waals surface area contributed by atoms with E-state index in [9.17, 15) is 9.59 Å². The van der Waals surface area contributed by atoms with Crippen molar-refractivity contribution in [2.75, 3.05) is 5.32 Å². The number of carbonyl (C=O) groups excluding carboxylic acids is 2. The summed E-state index contributed by atoms with van der Waals surface area (Å²) in [5, 5.41) is 6.18. The van der Waals surface area contributed by atoms with Gasteiger partial charge in [0, 0.05) is 11.3 Å². The zero-order valence-electron chi connectivity index (χ0n) is 11.8. The summed E-state index contributed by atoms with van der Waals surface area (Å²) in [6.45, 7) is 4.53. The second-order valence-electron chi connectivity index (χ2n) is 6.38. The Labute approximate surface area is 122 Å². The molecule has 108 valence electrons. The summed E-state index contributed by atoms with van der Waals surface area (Å²) in [5.41, 5.74) is 1.44. The fraction of sp³-hybridized carbons (Fsp3) is 0.643. The van der Waals surface area contributed by atoms with E-state index in [1.165, 1.54) is 4.88 Å². The van der Waals surface area contributed by atoms with Crippen molar-refractivity contribution >= 4 is 28.3 Å². The maximum Gasteiger partial charge on any atom is 0.248 e. The summed E-state index contributed by atoms with van der Waals surface area (Å²) in [6, 6.07) is -0.403. The van der Waals surface area contributed by atoms with Gasteiger partial charge < -0.3 is 10.6 Å². The fourth-order valence-corrected chi connectivity index (χ4v) is 4.02. The van der Waals surface area contributed by atoms with Gasteiger partial charge in [-0.25, -0.2) is 4.98 Å². The molecule has 5 nitrogen and oxygen atoms in total. The van der Waals surface area contributed by atoms with E-state index in [2.05, 4.69) is 29.5 Å². The molecule has 2 heterocycles. The Hall–Kier alpha value is -1.43. The van der Waals surface area contributed by atoms with Crippen molar-refractivity contribution < 1.29 is 9.59 Å². The molecule has 1 atom stereocenters. The van der Waals surface area contributed by atoms with E-state index in [-0.39, 0.29) is 11.8 Å². The lowest BCUT2D eigenvalue weighted by atomic mass is 9.79. The number of amides is 2. The van der Waals surface area contributed by atoms with Crippen molar-refractivity contribution in [1.29, 1.82) is 0 Å². The Morgan fingerprint density at radius 1 is 1.45 bits per heavy atom. The van der Waals surface area contributed by atoms with E-state index in [4.69, 9.17) is 0 Å². The predicted octanol–water partition coefficient (Wildman–Crippen LogP) is 1.88. The Kier molecular flexibility index (Phi) is 3.28. The molecule has 1 fully saturated rings. The van der Waals surface area contributed by atoms with Gasteiger partial charge in [0.1, 0.15) is 6.04 Å². The number of carbonyl (C=O) groups is 2. The largest absolute Gasteiger partial charge is 0.344 e. The highest BCUT2D eigenvalue weighted by molar-refractivity contribution is 7.15. The van der Waals surface area contributed by atoms with Gasteiger partial charge in [0.25, 0.3) is 0 Å². The molecule has 0 radical (unpaired) electrons. The lowest BCUT2D eigenvalue weighted by Crippen LogP contribution is -2.37. The Morgan fingerprint density at radius 2 is 2.25 bits per heavy atom.